The molecule has 0 spiro atoms. The fourth-order valence-corrected chi connectivity index (χ4v) is 2.77. The molecule has 1 fully saturated rings. The van der Waals surface area contributed by atoms with E-state index in [0.29, 0.717) is 11.5 Å². The number of amides is 1. The van der Waals surface area contributed by atoms with Crippen LogP contribution >= 0.6 is 0 Å². The van der Waals surface area contributed by atoms with Gasteiger partial charge in [0.05, 0.1) is 6.04 Å². The van der Waals surface area contributed by atoms with Crippen LogP contribution in [0.4, 0.5) is 0 Å². The van der Waals surface area contributed by atoms with Crippen LogP contribution in [0.3, 0.4) is 0 Å². The first kappa shape index (κ1) is 14.5. The molecule has 0 radical (unpaired) electrons. The highest BCUT2D eigenvalue weighted by molar-refractivity contribution is 5.79. The number of nitrogens with one attached hydrogen (secondary N) is 1. The summed E-state index contributed by atoms with van der Waals surface area (Å²) < 4.78 is 0. The molecule has 100 valence electrons. The van der Waals surface area contributed by atoms with Crippen molar-refractivity contribution in [2.24, 2.45) is 17.1 Å². The van der Waals surface area contributed by atoms with Gasteiger partial charge >= 0.3 is 0 Å². The second kappa shape index (κ2) is 5.85. The molecule has 0 aromatic heterocycles. The average Bonchev–Trinajstić information content (AvgIpc) is 2.42. The summed E-state index contributed by atoms with van der Waals surface area (Å²) in [6.07, 6.45) is 6.16. The second-order valence-electron chi connectivity index (χ2n) is 6.56. The van der Waals surface area contributed by atoms with E-state index >= 15 is 0 Å². The average molecular weight is 240 g/mol. The van der Waals surface area contributed by atoms with Crippen molar-refractivity contribution in [3.8, 4) is 0 Å². The number of nitrogens with two attached hydrogens (primary N) is 1. The number of hydrogen-bond donors (Lipinski definition) is 2. The highest BCUT2D eigenvalue weighted by Gasteiger charge is 2.28. The molecule has 0 aromatic carbocycles. The fourth-order valence-electron chi connectivity index (χ4n) is 2.77. The van der Waals surface area contributed by atoms with Crippen LogP contribution in [0.1, 0.15) is 59.8 Å². The van der Waals surface area contributed by atoms with E-state index in [0.717, 1.165) is 5.92 Å². The molecule has 3 nitrogen and oxygen atoms in total. The zero-order valence-electron chi connectivity index (χ0n) is 11.8. The van der Waals surface area contributed by atoms with Crippen LogP contribution in [0.2, 0.25) is 0 Å². The number of primary amides is 1. The van der Waals surface area contributed by atoms with Gasteiger partial charge in [-0.25, -0.2) is 0 Å². The van der Waals surface area contributed by atoms with E-state index in [9.17, 15) is 4.79 Å². The Kier molecular flexibility index (Phi) is 4.99. The van der Waals surface area contributed by atoms with Crippen molar-refractivity contribution in [1.29, 1.82) is 0 Å². The topological polar surface area (TPSA) is 55.1 Å². The number of rotatable bonds is 3. The maximum atomic E-state index is 11.0. The van der Waals surface area contributed by atoms with Gasteiger partial charge in [-0.15, -0.1) is 0 Å². The highest BCUT2D eigenvalue weighted by atomic mass is 16.1. The minimum atomic E-state index is -0.249. The van der Waals surface area contributed by atoms with E-state index in [-0.39, 0.29) is 11.9 Å². The second-order valence-corrected chi connectivity index (χ2v) is 6.56. The van der Waals surface area contributed by atoms with Gasteiger partial charge in [0, 0.05) is 6.04 Å². The molecule has 3 heteroatoms. The third kappa shape index (κ3) is 4.66. The quantitative estimate of drug-likeness (QED) is 0.744. The minimum absolute atomic E-state index is 0.203. The maximum Gasteiger partial charge on any atom is 0.234 e. The van der Waals surface area contributed by atoms with Crippen LogP contribution in [-0.2, 0) is 4.79 Å². The van der Waals surface area contributed by atoms with E-state index in [1.54, 1.807) is 0 Å². The van der Waals surface area contributed by atoms with Gasteiger partial charge in [-0.2, -0.15) is 0 Å². The molecular weight excluding hydrogens is 212 g/mol. The summed E-state index contributed by atoms with van der Waals surface area (Å²) in [4.78, 5) is 11.0. The predicted molar refractivity (Wildman–Crippen MR) is 71.6 cm³/mol. The predicted octanol–water partition coefficient (Wildman–Crippen LogP) is 2.44. The van der Waals surface area contributed by atoms with Crippen molar-refractivity contribution in [3.63, 3.8) is 0 Å². The van der Waals surface area contributed by atoms with Crippen molar-refractivity contribution < 1.29 is 4.79 Å². The Morgan fingerprint density at radius 2 is 1.88 bits per heavy atom. The monoisotopic (exact) mass is 240 g/mol. The molecule has 0 saturated heterocycles. The number of hydrogen-bond acceptors (Lipinski definition) is 2. The molecule has 0 heterocycles. The molecule has 1 rings (SSSR count). The molecule has 3 N–H and O–H groups in total. The summed E-state index contributed by atoms with van der Waals surface area (Å²) in [7, 11) is 0. The van der Waals surface area contributed by atoms with Gasteiger partial charge in [0.1, 0.15) is 0 Å². The number of carbonyl (C=O) groups is 1. The molecule has 3 unspecified atom stereocenters. The minimum Gasteiger partial charge on any atom is -0.368 e. The Balaban J connectivity index is 2.45. The molecule has 1 aliphatic carbocycles. The SMILES string of the molecule is CC(NC1CCCC(C(C)(C)C)CC1)C(N)=O. The van der Waals surface area contributed by atoms with Gasteiger partial charge in [0.15, 0.2) is 0 Å². The van der Waals surface area contributed by atoms with E-state index in [2.05, 4.69) is 26.1 Å². The first-order chi connectivity index (χ1) is 7.80. The van der Waals surface area contributed by atoms with Crippen LogP contribution in [-0.4, -0.2) is 18.0 Å². The van der Waals surface area contributed by atoms with E-state index in [4.69, 9.17) is 5.73 Å². The van der Waals surface area contributed by atoms with Crippen LogP contribution in [0.25, 0.3) is 0 Å². The molecule has 3 atom stereocenters. The molecule has 0 bridgehead atoms. The molecule has 17 heavy (non-hydrogen) atoms. The molecule has 1 amide bonds. The fraction of sp³-hybridized carbons (Fsp3) is 0.929. The summed E-state index contributed by atoms with van der Waals surface area (Å²) in [5, 5.41) is 3.36. The zero-order valence-corrected chi connectivity index (χ0v) is 11.8. The Labute approximate surface area is 106 Å². The van der Waals surface area contributed by atoms with E-state index in [1.165, 1.54) is 32.1 Å². The summed E-state index contributed by atoms with van der Waals surface area (Å²) in [6.45, 7) is 8.85. The van der Waals surface area contributed by atoms with E-state index in [1.807, 2.05) is 6.92 Å². The van der Waals surface area contributed by atoms with Crippen LogP contribution < -0.4 is 11.1 Å². The van der Waals surface area contributed by atoms with Crippen LogP contribution in [0, 0.1) is 11.3 Å². The van der Waals surface area contributed by atoms with Gasteiger partial charge in [-0.05, 0) is 43.9 Å². The standard InChI is InChI=1S/C14H28N2O/c1-10(13(15)17)16-12-7-5-6-11(8-9-12)14(2,3)4/h10-12,16H,5-9H2,1-4H3,(H2,15,17). The van der Waals surface area contributed by atoms with Crippen LogP contribution in [0.5, 0.6) is 0 Å². The summed E-state index contributed by atoms with van der Waals surface area (Å²) >= 11 is 0. The summed E-state index contributed by atoms with van der Waals surface area (Å²) in [5.41, 5.74) is 5.69. The molecule has 0 aromatic rings. The zero-order chi connectivity index (χ0) is 13.1. The summed E-state index contributed by atoms with van der Waals surface area (Å²) in [5.74, 6) is 0.555. The van der Waals surface area contributed by atoms with Crippen molar-refractivity contribution in [3.05, 3.63) is 0 Å². The Morgan fingerprint density at radius 3 is 2.41 bits per heavy atom. The third-order valence-electron chi connectivity index (χ3n) is 4.11. The number of carbonyl (C=O) groups excluding carboxylic acids is 1. The Bertz CT molecular complexity index is 257. The lowest BCUT2D eigenvalue weighted by atomic mass is 9.76. The lowest BCUT2D eigenvalue weighted by Crippen LogP contribution is -2.44. The maximum absolute atomic E-state index is 11.0. The van der Waals surface area contributed by atoms with Crippen molar-refractivity contribution in [1.82, 2.24) is 5.32 Å². The molecular formula is C14H28N2O. The smallest absolute Gasteiger partial charge is 0.234 e. The highest BCUT2D eigenvalue weighted by Crippen LogP contribution is 2.36. The molecule has 1 saturated carbocycles. The van der Waals surface area contributed by atoms with Crippen molar-refractivity contribution in [2.75, 3.05) is 0 Å². The van der Waals surface area contributed by atoms with Gasteiger partial charge in [0.25, 0.3) is 0 Å². The van der Waals surface area contributed by atoms with Gasteiger partial charge in [-0.1, -0.05) is 27.2 Å². The van der Waals surface area contributed by atoms with Crippen molar-refractivity contribution in [2.45, 2.75) is 71.9 Å². The van der Waals surface area contributed by atoms with Gasteiger partial charge in [0.2, 0.25) is 5.91 Å². The normalized spacial score (nSPS) is 28.5. The van der Waals surface area contributed by atoms with Crippen molar-refractivity contribution >= 4 is 5.91 Å². The molecule has 1 aliphatic rings. The van der Waals surface area contributed by atoms with E-state index < -0.39 is 0 Å². The Morgan fingerprint density at radius 1 is 1.24 bits per heavy atom. The first-order valence-electron chi connectivity index (χ1n) is 6.86. The lowest BCUT2D eigenvalue weighted by Gasteiger charge is -2.29. The van der Waals surface area contributed by atoms with Crippen LogP contribution in [0.15, 0.2) is 0 Å². The third-order valence-corrected chi connectivity index (χ3v) is 4.11. The largest absolute Gasteiger partial charge is 0.368 e. The molecule has 0 aliphatic heterocycles. The summed E-state index contributed by atoms with van der Waals surface area (Å²) in [6, 6.07) is 0.260. The Hall–Kier alpha value is -0.570. The lowest BCUT2D eigenvalue weighted by molar-refractivity contribution is -0.119. The first-order valence-corrected chi connectivity index (χ1v) is 6.86. The van der Waals surface area contributed by atoms with Gasteiger partial charge in [-0.3, -0.25) is 4.79 Å². The van der Waals surface area contributed by atoms with Gasteiger partial charge < -0.3 is 11.1 Å².